The van der Waals surface area contributed by atoms with Gasteiger partial charge >= 0.3 is 11.9 Å². The number of carboxylic acid groups (broad SMARTS) is 1. The van der Waals surface area contributed by atoms with Crippen molar-refractivity contribution in [2.75, 3.05) is 20.2 Å². The summed E-state index contributed by atoms with van der Waals surface area (Å²) in [6.07, 6.45) is 0. The average Bonchev–Trinajstić information content (AvgIpc) is 2.37. The lowest BCUT2D eigenvalue weighted by Crippen LogP contribution is -2.32. The van der Waals surface area contributed by atoms with Crippen molar-refractivity contribution < 1.29 is 27.9 Å². The van der Waals surface area contributed by atoms with Crippen molar-refractivity contribution in [1.82, 2.24) is 4.31 Å². The number of carbonyl (C=O) groups excluding carboxylic acids is 1. The van der Waals surface area contributed by atoms with Gasteiger partial charge in [0.2, 0.25) is 10.0 Å². The zero-order valence-corrected chi connectivity index (χ0v) is 13.8. The van der Waals surface area contributed by atoms with Gasteiger partial charge in [0, 0.05) is 11.5 Å². The van der Waals surface area contributed by atoms with Crippen molar-refractivity contribution in [1.29, 1.82) is 0 Å². The molecule has 1 aromatic carbocycles. The number of likely N-dealkylation sites (N-methyl/N-ethyl adjacent to an activating group) is 1. The Bertz CT molecular complexity index is 658. The summed E-state index contributed by atoms with van der Waals surface area (Å²) in [6.45, 7) is 1.21. The fraction of sp³-hybridized carbons (Fsp3) is 0.333. The molecule has 21 heavy (non-hydrogen) atoms. The van der Waals surface area contributed by atoms with Crippen LogP contribution in [-0.2, 0) is 19.6 Å². The van der Waals surface area contributed by atoms with Gasteiger partial charge in [-0.25, -0.2) is 13.2 Å². The second-order valence-electron chi connectivity index (χ2n) is 4.02. The molecule has 1 aromatic rings. The Kier molecular flexibility index (Phi) is 5.87. The molecule has 0 unspecified atom stereocenters. The molecule has 116 valence electrons. The molecular formula is C12H14BrNO6S. The predicted molar refractivity (Wildman–Crippen MR) is 77.6 cm³/mol. The maximum Gasteiger partial charge on any atom is 0.338 e. The third-order valence-electron chi connectivity index (χ3n) is 2.49. The molecule has 0 heterocycles. The summed E-state index contributed by atoms with van der Waals surface area (Å²) in [7, 11) is -2.80. The monoisotopic (exact) mass is 379 g/mol. The first-order valence-electron chi connectivity index (χ1n) is 5.85. The van der Waals surface area contributed by atoms with Gasteiger partial charge < -0.3 is 9.84 Å². The van der Waals surface area contributed by atoms with Crippen molar-refractivity contribution in [3.05, 3.63) is 28.2 Å². The van der Waals surface area contributed by atoms with Crippen LogP contribution < -0.4 is 0 Å². The first kappa shape index (κ1) is 17.6. The Morgan fingerprint density at radius 3 is 2.48 bits per heavy atom. The Morgan fingerprint density at radius 1 is 1.38 bits per heavy atom. The number of aliphatic carboxylic acids is 1. The van der Waals surface area contributed by atoms with Crippen LogP contribution in [0.25, 0.3) is 0 Å². The van der Waals surface area contributed by atoms with Crippen LogP contribution in [0.5, 0.6) is 0 Å². The van der Waals surface area contributed by atoms with Crippen LogP contribution in [0.4, 0.5) is 0 Å². The standard InChI is InChI=1S/C12H14BrNO6S/c1-3-20-12(17)8-4-5-10(9(13)6-8)21(18,19)14(2)7-11(15)16/h4-6H,3,7H2,1-2H3,(H,15,16). The average molecular weight is 380 g/mol. The van der Waals surface area contributed by atoms with Gasteiger partial charge in [-0.1, -0.05) is 0 Å². The number of benzene rings is 1. The summed E-state index contributed by atoms with van der Waals surface area (Å²) >= 11 is 3.08. The van der Waals surface area contributed by atoms with E-state index < -0.39 is 28.5 Å². The topological polar surface area (TPSA) is 101 Å². The minimum Gasteiger partial charge on any atom is -0.480 e. The molecule has 0 saturated carbocycles. The van der Waals surface area contributed by atoms with Crippen LogP contribution in [0.1, 0.15) is 17.3 Å². The van der Waals surface area contributed by atoms with Crippen LogP contribution in [0.3, 0.4) is 0 Å². The van der Waals surface area contributed by atoms with Gasteiger partial charge in [-0.2, -0.15) is 4.31 Å². The lowest BCUT2D eigenvalue weighted by atomic mass is 10.2. The van der Waals surface area contributed by atoms with Crippen LogP contribution in [0.2, 0.25) is 0 Å². The van der Waals surface area contributed by atoms with Crippen LogP contribution in [0.15, 0.2) is 27.6 Å². The second kappa shape index (κ2) is 7.01. The SMILES string of the molecule is CCOC(=O)c1ccc(S(=O)(=O)N(C)CC(=O)O)c(Br)c1. The van der Waals surface area contributed by atoms with E-state index in [4.69, 9.17) is 9.84 Å². The molecule has 0 fully saturated rings. The maximum absolute atomic E-state index is 12.2. The molecule has 0 aliphatic carbocycles. The number of rotatable bonds is 6. The number of halogens is 1. The summed E-state index contributed by atoms with van der Waals surface area (Å²) in [5.41, 5.74) is 0.198. The predicted octanol–water partition coefficient (Wildman–Crippen LogP) is 1.33. The van der Waals surface area contributed by atoms with Crippen molar-refractivity contribution in [3.63, 3.8) is 0 Å². The quantitative estimate of drug-likeness (QED) is 0.748. The molecular weight excluding hydrogens is 366 g/mol. The normalized spacial score (nSPS) is 11.4. The van der Waals surface area contributed by atoms with E-state index >= 15 is 0 Å². The molecule has 0 amide bonds. The number of carboxylic acids is 1. The van der Waals surface area contributed by atoms with Crippen molar-refractivity contribution in [3.8, 4) is 0 Å². The molecule has 0 aliphatic rings. The van der Waals surface area contributed by atoms with E-state index in [9.17, 15) is 18.0 Å². The molecule has 0 aromatic heterocycles. The number of ether oxygens (including phenoxy) is 1. The molecule has 9 heteroatoms. The second-order valence-corrected chi connectivity index (χ2v) is 6.89. The van der Waals surface area contributed by atoms with E-state index in [2.05, 4.69) is 15.9 Å². The van der Waals surface area contributed by atoms with E-state index in [0.717, 1.165) is 7.05 Å². The largest absolute Gasteiger partial charge is 0.480 e. The summed E-state index contributed by atoms with van der Waals surface area (Å²) in [6, 6.07) is 3.85. The van der Waals surface area contributed by atoms with Gasteiger partial charge in [-0.3, -0.25) is 4.79 Å². The van der Waals surface area contributed by atoms with Gasteiger partial charge in [0.05, 0.1) is 17.1 Å². The van der Waals surface area contributed by atoms with E-state index in [0.29, 0.717) is 4.31 Å². The molecule has 0 atom stereocenters. The number of hydrogen-bond acceptors (Lipinski definition) is 5. The lowest BCUT2D eigenvalue weighted by Gasteiger charge is -2.16. The number of nitrogens with zero attached hydrogens (tertiary/aromatic N) is 1. The van der Waals surface area contributed by atoms with Gasteiger partial charge in [-0.15, -0.1) is 0 Å². The Labute approximate surface area is 130 Å². The van der Waals surface area contributed by atoms with Crippen molar-refractivity contribution in [2.24, 2.45) is 0 Å². The van der Waals surface area contributed by atoms with E-state index in [1.807, 2.05) is 0 Å². The number of hydrogen-bond donors (Lipinski definition) is 1. The van der Waals surface area contributed by atoms with Crippen LogP contribution in [-0.4, -0.2) is 50.0 Å². The van der Waals surface area contributed by atoms with E-state index in [1.165, 1.54) is 18.2 Å². The highest BCUT2D eigenvalue weighted by Crippen LogP contribution is 2.26. The third kappa shape index (κ3) is 4.26. The molecule has 0 saturated heterocycles. The highest BCUT2D eigenvalue weighted by molar-refractivity contribution is 9.10. The fourth-order valence-electron chi connectivity index (χ4n) is 1.49. The van der Waals surface area contributed by atoms with Gasteiger partial charge in [0.1, 0.15) is 6.54 Å². The van der Waals surface area contributed by atoms with Crippen LogP contribution in [0, 0.1) is 0 Å². The first-order chi connectivity index (χ1) is 9.70. The Morgan fingerprint density at radius 2 is 2.00 bits per heavy atom. The zero-order chi connectivity index (χ0) is 16.2. The van der Waals surface area contributed by atoms with Gasteiger partial charge in [-0.05, 0) is 41.1 Å². The minimum absolute atomic E-state index is 0.126. The zero-order valence-electron chi connectivity index (χ0n) is 11.4. The van der Waals surface area contributed by atoms with Gasteiger partial charge in [0.25, 0.3) is 0 Å². The fourth-order valence-corrected chi connectivity index (χ4v) is 3.65. The van der Waals surface area contributed by atoms with E-state index in [-0.39, 0.29) is 21.5 Å². The number of sulfonamides is 1. The summed E-state index contributed by atoms with van der Waals surface area (Å²) < 4.78 is 30.1. The van der Waals surface area contributed by atoms with Crippen LogP contribution >= 0.6 is 15.9 Å². The summed E-state index contributed by atoms with van der Waals surface area (Å²) in [4.78, 5) is 22.0. The Balaban J connectivity index is 3.15. The molecule has 0 spiro atoms. The smallest absolute Gasteiger partial charge is 0.338 e. The maximum atomic E-state index is 12.2. The Hall–Kier alpha value is -1.45. The summed E-state index contributed by atoms with van der Waals surface area (Å²) in [5.74, 6) is -1.83. The van der Waals surface area contributed by atoms with Crippen molar-refractivity contribution >= 4 is 37.9 Å². The molecule has 7 nitrogen and oxygen atoms in total. The molecule has 0 bridgehead atoms. The van der Waals surface area contributed by atoms with E-state index in [1.54, 1.807) is 6.92 Å². The first-order valence-corrected chi connectivity index (χ1v) is 8.08. The highest BCUT2D eigenvalue weighted by Gasteiger charge is 2.25. The lowest BCUT2D eigenvalue weighted by molar-refractivity contribution is -0.137. The molecule has 1 N–H and O–H groups in total. The molecule has 1 rings (SSSR count). The minimum atomic E-state index is -3.97. The number of esters is 1. The number of carbonyl (C=O) groups is 2. The molecule has 0 aliphatic heterocycles. The van der Waals surface area contributed by atoms with Gasteiger partial charge in [0.15, 0.2) is 0 Å². The molecule has 0 radical (unpaired) electrons. The third-order valence-corrected chi connectivity index (χ3v) is 5.27. The van der Waals surface area contributed by atoms with Crippen molar-refractivity contribution in [2.45, 2.75) is 11.8 Å². The highest BCUT2D eigenvalue weighted by atomic mass is 79.9. The summed E-state index contributed by atoms with van der Waals surface area (Å²) in [5, 5.41) is 8.66.